The van der Waals surface area contributed by atoms with Gasteiger partial charge in [0.2, 0.25) is 5.91 Å². The number of carbonyl (C=O) groups excluding carboxylic acids is 1. The second-order valence-electron chi connectivity index (χ2n) is 6.07. The second kappa shape index (κ2) is 5.88. The van der Waals surface area contributed by atoms with Gasteiger partial charge in [-0.3, -0.25) is 4.79 Å². The van der Waals surface area contributed by atoms with Crippen LogP contribution in [0.2, 0.25) is 0 Å². The van der Waals surface area contributed by atoms with Gasteiger partial charge in [0.25, 0.3) is 0 Å². The Balaban J connectivity index is 1.63. The van der Waals surface area contributed by atoms with Gasteiger partial charge in [0, 0.05) is 5.92 Å². The molecule has 1 amide bonds. The van der Waals surface area contributed by atoms with Gasteiger partial charge in [-0.05, 0) is 60.9 Å². The highest BCUT2D eigenvalue weighted by atomic mass is 16.3. The Hall–Kier alpha value is -1.84. The van der Waals surface area contributed by atoms with E-state index >= 15 is 0 Å². The van der Waals surface area contributed by atoms with E-state index in [0.29, 0.717) is 11.8 Å². The molecule has 0 heterocycles. The Morgan fingerprint density at radius 2 is 1.86 bits per heavy atom. The van der Waals surface area contributed by atoms with Crippen LogP contribution in [0.1, 0.15) is 44.6 Å². The molecule has 2 aliphatic rings. The van der Waals surface area contributed by atoms with Crippen molar-refractivity contribution >= 4 is 11.6 Å². The predicted molar refractivity (Wildman–Crippen MR) is 82.0 cm³/mol. The Labute approximate surface area is 125 Å². The number of nitrogens with one attached hydrogen (secondary N) is 1. The van der Waals surface area contributed by atoms with Crippen LogP contribution < -0.4 is 5.43 Å². The van der Waals surface area contributed by atoms with E-state index in [4.69, 9.17) is 0 Å². The molecule has 0 bridgehead atoms. The Morgan fingerprint density at radius 1 is 1.24 bits per heavy atom. The van der Waals surface area contributed by atoms with Gasteiger partial charge in [-0.1, -0.05) is 19.8 Å². The first-order chi connectivity index (χ1) is 10.2. The van der Waals surface area contributed by atoms with Gasteiger partial charge in [0.05, 0.1) is 5.71 Å². The van der Waals surface area contributed by atoms with Crippen molar-refractivity contribution in [2.45, 2.75) is 39.0 Å². The molecule has 4 nitrogen and oxygen atoms in total. The average Bonchev–Trinajstić information content (AvgIpc) is 3.24. The third-order valence-corrected chi connectivity index (χ3v) is 4.80. The highest BCUT2D eigenvalue weighted by Gasteiger charge is 2.54. The van der Waals surface area contributed by atoms with Gasteiger partial charge in [0.15, 0.2) is 0 Å². The molecule has 4 heteroatoms. The molecular weight excluding hydrogens is 264 g/mol. The highest BCUT2D eigenvalue weighted by Crippen LogP contribution is 2.55. The number of carbonyl (C=O) groups is 1. The lowest BCUT2D eigenvalue weighted by molar-refractivity contribution is -0.122. The van der Waals surface area contributed by atoms with E-state index in [9.17, 15) is 9.90 Å². The number of hydrazone groups is 1. The first kappa shape index (κ1) is 14.1. The van der Waals surface area contributed by atoms with E-state index < -0.39 is 0 Å². The predicted octanol–water partition coefficient (Wildman–Crippen LogP) is 3.06. The fraction of sp³-hybridized carbons (Fsp3) is 0.529. The molecule has 1 aromatic carbocycles. The molecule has 21 heavy (non-hydrogen) atoms. The maximum Gasteiger partial charge on any atom is 0.243 e. The molecule has 3 rings (SSSR count). The summed E-state index contributed by atoms with van der Waals surface area (Å²) in [5, 5.41) is 13.6. The van der Waals surface area contributed by atoms with Gasteiger partial charge < -0.3 is 5.11 Å². The van der Waals surface area contributed by atoms with Crippen LogP contribution in [0.5, 0.6) is 5.75 Å². The lowest BCUT2D eigenvalue weighted by Gasteiger charge is -2.05. The highest BCUT2D eigenvalue weighted by molar-refractivity contribution is 6.01. The van der Waals surface area contributed by atoms with Crippen LogP contribution in [0.25, 0.3) is 0 Å². The Kier molecular flexibility index (Phi) is 3.95. The normalized spacial score (nSPS) is 27.9. The first-order valence-corrected chi connectivity index (χ1v) is 7.86. The molecule has 0 radical (unpaired) electrons. The molecule has 0 unspecified atom stereocenters. The number of benzene rings is 1. The molecular formula is C17H22N2O2. The zero-order valence-electron chi connectivity index (χ0n) is 12.4. The van der Waals surface area contributed by atoms with E-state index in [1.807, 2.05) is 19.1 Å². The summed E-state index contributed by atoms with van der Waals surface area (Å²) in [4.78, 5) is 12.2. The smallest absolute Gasteiger partial charge is 0.243 e. The summed E-state index contributed by atoms with van der Waals surface area (Å²) in [6.45, 7) is 2.01. The van der Waals surface area contributed by atoms with Gasteiger partial charge in [0.1, 0.15) is 5.75 Å². The summed E-state index contributed by atoms with van der Waals surface area (Å²) in [7, 11) is 0. The van der Waals surface area contributed by atoms with Crippen LogP contribution in [0.4, 0.5) is 0 Å². The van der Waals surface area contributed by atoms with Crippen molar-refractivity contribution in [2.24, 2.45) is 22.9 Å². The first-order valence-electron chi connectivity index (χ1n) is 7.86. The fourth-order valence-corrected chi connectivity index (χ4v) is 3.58. The monoisotopic (exact) mass is 286 g/mol. The molecule has 2 atom stereocenters. The quantitative estimate of drug-likeness (QED) is 0.660. The van der Waals surface area contributed by atoms with E-state index in [0.717, 1.165) is 17.7 Å². The van der Waals surface area contributed by atoms with Crippen LogP contribution in [0.3, 0.4) is 0 Å². The molecule has 0 aromatic heterocycles. The lowest BCUT2D eigenvalue weighted by Crippen LogP contribution is -2.22. The molecule has 0 aliphatic heterocycles. The van der Waals surface area contributed by atoms with Crippen LogP contribution in [0.15, 0.2) is 29.4 Å². The summed E-state index contributed by atoms with van der Waals surface area (Å²) in [5.41, 5.74) is 4.53. The van der Waals surface area contributed by atoms with Crippen LogP contribution in [-0.2, 0) is 4.79 Å². The number of fused-ring (bicyclic) bond motifs is 1. The molecule has 2 saturated carbocycles. The number of nitrogens with zero attached hydrogens (tertiary/aromatic N) is 1. The standard InChI is InChI=1S/C17H22N2O2/c1-2-15(11-7-9-12(20)10-8-11)18-19-17(21)16-13-5-3-4-6-14(13)16/h7-10,13-14,16,20H,2-6H2,1H3,(H,19,21)/b18-15-/t13-,14-/m1/s1. The number of hydrogen-bond donors (Lipinski definition) is 2. The zero-order valence-corrected chi connectivity index (χ0v) is 12.4. The molecule has 2 aliphatic carbocycles. The summed E-state index contributed by atoms with van der Waals surface area (Å²) in [5.74, 6) is 1.71. The number of hydrogen-bond acceptors (Lipinski definition) is 3. The minimum absolute atomic E-state index is 0.0802. The minimum Gasteiger partial charge on any atom is -0.508 e. The molecule has 0 spiro atoms. The van der Waals surface area contributed by atoms with E-state index in [1.165, 1.54) is 25.7 Å². The second-order valence-corrected chi connectivity index (χ2v) is 6.07. The third-order valence-electron chi connectivity index (χ3n) is 4.80. The number of rotatable bonds is 4. The van der Waals surface area contributed by atoms with E-state index in [-0.39, 0.29) is 17.6 Å². The molecule has 112 valence electrons. The van der Waals surface area contributed by atoms with Gasteiger partial charge in [-0.15, -0.1) is 0 Å². The maximum atomic E-state index is 12.2. The van der Waals surface area contributed by atoms with Crippen molar-refractivity contribution in [1.29, 1.82) is 0 Å². The lowest BCUT2D eigenvalue weighted by atomic mass is 10.0. The third kappa shape index (κ3) is 2.94. The average molecular weight is 286 g/mol. The maximum absolute atomic E-state index is 12.2. The Morgan fingerprint density at radius 3 is 2.43 bits per heavy atom. The van der Waals surface area contributed by atoms with E-state index in [1.54, 1.807) is 12.1 Å². The number of phenols is 1. The van der Waals surface area contributed by atoms with Crippen molar-refractivity contribution in [2.75, 3.05) is 0 Å². The number of amides is 1. The molecule has 2 N–H and O–H groups in total. The summed E-state index contributed by atoms with van der Waals surface area (Å²) in [6.07, 6.45) is 5.67. The van der Waals surface area contributed by atoms with E-state index in [2.05, 4.69) is 10.5 Å². The topological polar surface area (TPSA) is 61.7 Å². The fourth-order valence-electron chi connectivity index (χ4n) is 3.58. The number of phenolic OH excluding ortho intramolecular Hbond substituents is 1. The SMILES string of the molecule is CC/C(=N/NC(=O)C1[C@@H]2CCCC[C@@H]12)c1ccc(O)cc1. The summed E-state index contributed by atoms with van der Waals surface area (Å²) >= 11 is 0. The number of aromatic hydroxyl groups is 1. The van der Waals surface area contributed by atoms with Crippen LogP contribution >= 0.6 is 0 Å². The van der Waals surface area contributed by atoms with Crippen molar-refractivity contribution in [3.05, 3.63) is 29.8 Å². The van der Waals surface area contributed by atoms with Crippen molar-refractivity contribution < 1.29 is 9.90 Å². The van der Waals surface area contributed by atoms with Crippen molar-refractivity contribution in [3.8, 4) is 5.75 Å². The largest absolute Gasteiger partial charge is 0.508 e. The minimum atomic E-state index is 0.0802. The summed E-state index contributed by atoms with van der Waals surface area (Å²) < 4.78 is 0. The zero-order chi connectivity index (χ0) is 14.8. The molecule has 2 fully saturated rings. The van der Waals surface area contributed by atoms with Crippen LogP contribution in [0, 0.1) is 17.8 Å². The molecule has 1 aromatic rings. The summed E-state index contributed by atoms with van der Waals surface area (Å²) in [6, 6.07) is 6.91. The Bertz CT molecular complexity index is 538. The van der Waals surface area contributed by atoms with Crippen molar-refractivity contribution in [3.63, 3.8) is 0 Å². The van der Waals surface area contributed by atoms with Gasteiger partial charge in [-0.25, -0.2) is 5.43 Å². The van der Waals surface area contributed by atoms with Crippen molar-refractivity contribution in [1.82, 2.24) is 5.43 Å². The van der Waals surface area contributed by atoms with Crippen LogP contribution in [-0.4, -0.2) is 16.7 Å². The van der Waals surface area contributed by atoms with Gasteiger partial charge >= 0.3 is 0 Å². The molecule has 0 saturated heterocycles. The van der Waals surface area contributed by atoms with Gasteiger partial charge in [-0.2, -0.15) is 5.10 Å².